The third-order valence-electron chi connectivity index (χ3n) is 4.63. The Kier molecular flexibility index (Phi) is 4.43. The summed E-state index contributed by atoms with van der Waals surface area (Å²) in [5, 5.41) is 12.8. The second kappa shape index (κ2) is 6.35. The fourth-order valence-corrected chi connectivity index (χ4v) is 3.31. The molecule has 3 saturated heterocycles. The van der Waals surface area contributed by atoms with Crippen LogP contribution in [0.15, 0.2) is 24.3 Å². The highest BCUT2D eigenvalue weighted by molar-refractivity contribution is 5.94. The fourth-order valence-electron chi connectivity index (χ4n) is 3.31. The van der Waals surface area contributed by atoms with Crippen molar-refractivity contribution in [3.8, 4) is 11.8 Å². The van der Waals surface area contributed by atoms with Crippen LogP contribution >= 0.6 is 0 Å². The molecule has 3 fully saturated rings. The molecule has 1 amide bonds. The van der Waals surface area contributed by atoms with Crippen molar-refractivity contribution < 1.29 is 9.90 Å². The molecule has 0 aliphatic carbocycles. The number of hydrogen-bond acceptors (Lipinski definition) is 3. The van der Waals surface area contributed by atoms with Gasteiger partial charge in [0.25, 0.3) is 5.91 Å². The Morgan fingerprint density at radius 1 is 1.26 bits per heavy atom. The van der Waals surface area contributed by atoms with Crippen molar-refractivity contribution in [1.82, 2.24) is 10.2 Å². The lowest BCUT2D eigenvalue weighted by molar-refractivity contribution is 0.0620. The molecular weight excluding hydrogens is 288 g/mol. The Morgan fingerprint density at radius 3 is 2.43 bits per heavy atom. The Morgan fingerprint density at radius 2 is 1.91 bits per heavy atom. The van der Waals surface area contributed by atoms with E-state index < -0.39 is 5.60 Å². The largest absolute Gasteiger partial charge is 0.378 e. The standard InChI is InChI=1S/C19H24N2O2/c1-19(2,23)10-7-14-3-5-16(6-4-14)18(22)20-17-13-21-11-8-15(17)9-12-21/h3-6,15,17,23H,8-9,11-13H2,1-2H3,(H,20,22)/t17-/m0/s1. The molecule has 0 unspecified atom stereocenters. The first-order valence-corrected chi connectivity index (χ1v) is 8.29. The van der Waals surface area contributed by atoms with Crippen LogP contribution in [-0.2, 0) is 0 Å². The molecule has 0 radical (unpaired) electrons. The summed E-state index contributed by atoms with van der Waals surface area (Å²) in [5.41, 5.74) is 0.452. The van der Waals surface area contributed by atoms with Crippen molar-refractivity contribution in [1.29, 1.82) is 0 Å². The molecule has 1 aromatic rings. The number of nitrogens with zero attached hydrogens (tertiary/aromatic N) is 1. The van der Waals surface area contributed by atoms with Gasteiger partial charge in [-0.25, -0.2) is 0 Å². The minimum Gasteiger partial charge on any atom is -0.378 e. The van der Waals surface area contributed by atoms with Crippen LogP contribution in [0.1, 0.15) is 42.6 Å². The highest BCUT2D eigenvalue weighted by atomic mass is 16.3. The molecule has 23 heavy (non-hydrogen) atoms. The van der Waals surface area contributed by atoms with Gasteiger partial charge >= 0.3 is 0 Å². The summed E-state index contributed by atoms with van der Waals surface area (Å²) in [5.74, 6) is 6.30. The number of hydrogen-bond donors (Lipinski definition) is 2. The third kappa shape index (κ3) is 4.13. The number of benzene rings is 1. The zero-order valence-corrected chi connectivity index (χ0v) is 13.8. The van der Waals surface area contributed by atoms with Gasteiger partial charge < -0.3 is 15.3 Å². The molecular formula is C19H24N2O2. The van der Waals surface area contributed by atoms with Gasteiger partial charge in [0.2, 0.25) is 0 Å². The second-order valence-corrected chi connectivity index (χ2v) is 7.10. The molecule has 4 rings (SSSR count). The average molecular weight is 312 g/mol. The Labute approximate surface area is 137 Å². The van der Waals surface area contributed by atoms with Gasteiger partial charge in [-0.15, -0.1) is 0 Å². The molecule has 3 aliphatic heterocycles. The van der Waals surface area contributed by atoms with E-state index in [0.29, 0.717) is 11.5 Å². The normalized spacial score (nSPS) is 26.3. The van der Waals surface area contributed by atoms with E-state index in [4.69, 9.17) is 0 Å². The lowest BCUT2D eigenvalue weighted by Crippen LogP contribution is -2.57. The number of carbonyl (C=O) groups is 1. The van der Waals surface area contributed by atoms with Crippen LogP contribution in [-0.4, -0.2) is 47.2 Å². The lowest BCUT2D eigenvalue weighted by Gasteiger charge is -2.44. The van der Waals surface area contributed by atoms with Crippen LogP contribution in [0.4, 0.5) is 0 Å². The van der Waals surface area contributed by atoms with Gasteiger partial charge in [0, 0.05) is 23.7 Å². The molecule has 0 aromatic heterocycles. The van der Waals surface area contributed by atoms with Crippen LogP contribution in [0.5, 0.6) is 0 Å². The van der Waals surface area contributed by atoms with Crippen molar-refractivity contribution in [2.24, 2.45) is 5.92 Å². The summed E-state index contributed by atoms with van der Waals surface area (Å²) in [6.45, 7) is 6.62. The average Bonchev–Trinajstić information content (AvgIpc) is 2.54. The van der Waals surface area contributed by atoms with E-state index in [1.165, 1.54) is 25.9 Å². The molecule has 3 aliphatic rings. The highest BCUT2D eigenvalue weighted by Gasteiger charge is 2.34. The molecule has 0 spiro atoms. The molecule has 2 N–H and O–H groups in total. The lowest BCUT2D eigenvalue weighted by atomic mass is 9.84. The van der Waals surface area contributed by atoms with Gasteiger partial charge in [-0.1, -0.05) is 11.8 Å². The number of amides is 1. The van der Waals surface area contributed by atoms with E-state index in [-0.39, 0.29) is 11.9 Å². The van der Waals surface area contributed by atoms with Gasteiger partial charge in [-0.05, 0) is 70.0 Å². The summed E-state index contributed by atoms with van der Waals surface area (Å²) in [4.78, 5) is 14.8. The topological polar surface area (TPSA) is 52.6 Å². The van der Waals surface area contributed by atoms with Crippen molar-refractivity contribution in [2.75, 3.05) is 19.6 Å². The molecule has 1 aromatic carbocycles. The predicted molar refractivity (Wildman–Crippen MR) is 90.0 cm³/mol. The molecule has 4 heteroatoms. The van der Waals surface area contributed by atoms with Crippen LogP contribution in [0.3, 0.4) is 0 Å². The van der Waals surface area contributed by atoms with E-state index in [0.717, 1.165) is 12.1 Å². The molecule has 0 saturated carbocycles. The fraction of sp³-hybridized carbons (Fsp3) is 0.526. The molecule has 2 bridgehead atoms. The SMILES string of the molecule is CC(C)(O)C#Cc1ccc(C(=O)N[C@H]2CN3CCC2CC3)cc1. The van der Waals surface area contributed by atoms with E-state index >= 15 is 0 Å². The smallest absolute Gasteiger partial charge is 0.251 e. The summed E-state index contributed by atoms with van der Waals surface area (Å²) in [7, 11) is 0. The zero-order chi connectivity index (χ0) is 16.4. The summed E-state index contributed by atoms with van der Waals surface area (Å²) in [6, 6.07) is 7.52. The first-order chi connectivity index (χ1) is 10.9. The van der Waals surface area contributed by atoms with E-state index in [2.05, 4.69) is 22.1 Å². The Balaban J connectivity index is 1.62. The number of rotatable bonds is 2. The van der Waals surface area contributed by atoms with E-state index in [1.807, 2.05) is 12.1 Å². The van der Waals surface area contributed by atoms with Crippen LogP contribution in [0.2, 0.25) is 0 Å². The van der Waals surface area contributed by atoms with E-state index in [1.54, 1.807) is 26.0 Å². The molecule has 122 valence electrons. The molecule has 1 atom stereocenters. The number of nitrogens with one attached hydrogen (secondary N) is 1. The summed E-state index contributed by atoms with van der Waals surface area (Å²) < 4.78 is 0. The first-order valence-electron chi connectivity index (χ1n) is 8.29. The summed E-state index contributed by atoms with van der Waals surface area (Å²) >= 11 is 0. The second-order valence-electron chi connectivity index (χ2n) is 7.10. The highest BCUT2D eigenvalue weighted by Crippen LogP contribution is 2.27. The van der Waals surface area contributed by atoms with Gasteiger partial charge in [-0.2, -0.15) is 0 Å². The van der Waals surface area contributed by atoms with Crippen molar-refractivity contribution >= 4 is 5.91 Å². The van der Waals surface area contributed by atoms with Gasteiger partial charge in [-0.3, -0.25) is 4.79 Å². The molecule has 4 nitrogen and oxygen atoms in total. The number of aliphatic hydroxyl groups is 1. The van der Waals surface area contributed by atoms with Gasteiger partial charge in [0.15, 0.2) is 0 Å². The van der Waals surface area contributed by atoms with Crippen LogP contribution < -0.4 is 5.32 Å². The minimum absolute atomic E-state index is 0.00857. The zero-order valence-electron chi connectivity index (χ0n) is 13.8. The monoisotopic (exact) mass is 312 g/mol. The minimum atomic E-state index is -1.01. The number of fused-ring (bicyclic) bond motifs is 3. The van der Waals surface area contributed by atoms with Crippen LogP contribution in [0.25, 0.3) is 0 Å². The number of piperidine rings is 3. The van der Waals surface area contributed by atoms with Crippen LogP contribution in [0, 0.1) is 17.8 Å². The summed E-state index contributed by atoms with van der Waals surface area (Å²) in [6.07, 6.45) is 2.38. The van der Waals surface area contributed by atoms with Gasteiger partial charge in [0.05, 0.1) is 0 Å². The Hall–Kier alpha value is -1.83. The first kappa shape index (κ1) is 16.0. The van der Waals surface area contributed by atoms with Crippen molar-refractivity contribution in [3.63, 3.8) is 0 Å². The molecule has 3 heterocycles. The maximum absolute atomic E-state index is 12.4. The maximum Gasteiger partial charge on any atom is 0.251 e. The quantitative estimate of drug-likeness (QED) is 0.816. The predicted octanol–water partition coefficient (Wildman–Crippen LogP) is 1.63. The van der Waals surface area contributed by atoms with Crippen molar-refractivity contribution in [2.45, 2.75) is 38.3 Å². The number of carbonyl (C=O) groups excluding carboxylic acids is 1. The van der Waals surface area contributed by atoms with Gasteiger partial charge in [0.1, 0.15) is 5.60 Å². The van der Waals surface area contributed by atoms with Crippen molar-refractivity contribution in [3.05, 3.63) is 35.4 Å². The maximum atomic E-state index is 12.4. The Bertz CT molecular complexity index is 626. The van der Waals surface area contributed by atoms with E-state index in [9.17, 15) is 9.90 Å². The third-order valence-corrected chi connectivity index (χ3v) is 4.63.